The van der Waals surface area contributed by atoms with Gasteiger partial charge in [-0.1, -0.05) is 12.1 Å². The fourth-order valence-corrected chi connectivity index (χ4v) is 3.90. The summed E-state index contributed by atoms with van der Waals surface area (Å²) in [6, 6.07) is 12.3. The van der Waals surface area contributed by atoms with Crippen LogP contribution in [0.5, 0.6) is 0 Å². The van der Waals surface area contributed by atoms with Gasteiger partial charge in [-0.3, -0.25) is 0 Å². The molecule has 6 nitrogen and oxygen atoms in total. The first-order chi connectivity index (χ1) is 13.3. The Morgan fingerprint density at radius 2 is 2.04 bits per heavy atom. The third kappa shape index (κ3) is 3.13. The summed E-state index contributed by atoms with van der Waals surface area (Å²) in [4.78, 5) is 12.9. The number of hydrogen-bond acceptors (Lipinski definition) is 5. The molecular formula is C21H21N5O. The largest absolute Gasteiger partial charge is 0.384 e. The van der Waals surface area contributed by atoms with E-state index in [9.17, 15) is 0 Å². The highest BCUT2D eigenvalue weighted by Crippen LogP contribution is 2.33. The van der Waals surface area contributed by atoms with Crippen molar-refractivity contribution < 1.29 is 4.74 Å². The molecule has 3 aromatic heterocycles. The quantitative estimate of drug-likeness (QED) is 0.598. The molecule has 1 fully saturated rings. The van der Waals surface area contributed by atoms with Gasteiger partial charge < -0.3 is 15.0 Å². The highest BCUT2D eigenvalue weighted by molar-refractivity contribution is 5.80. The van der Waals surface area contributed by atoms with Gasteiger partial charge in [0.25, 0.3) is 0 Å². The molecule has 136 valence electrons. The molecule has 1 aliphatic heterocycles. The highest BCUT2D eigenvalue weighted by Gasteiger charge is 2.27. The average molecular weight is 359 g/mol. The minimum atomic E-state index is 0.0560. The molecule has 1 aliphatic rings. The Kier molecular flexibility index (Phi) is 3.98. The smallest absolute Gasteiger partial charge is 0.145 e. The second-order valence-corrected chi connectivity index (χ2v) is 7.12. The summed E-state index contributed by atoms with van der Waals surface area (Å²) in [5, 5.41) is 2.17. The lowest BCUT2D eigenvalue weighted by Gasteiger charge is -2.16. The Morgan fingerprint density at radius 3 is 3.00 bits per heavy atom. The van der Waals surface area contributed by atoms with E-state index in [0.29, 0.717) is 5.82 Å². The van der Waals surface area contributed by atoms with Gasteiger partial charge in [-0.15, -0.1) is 0 Å². The number of benzene rings is 1. The molecule has 6 heteroatoms. The van der Waals surface area contributed by atoms with Crippen molar-refractivity contribution in [1.82, 2.24) is 19.5 Å². The van der Waals surface area contributed by atoms with Gasteiger partial charge in [0.1, 0.15) is 24.0 Å². The van der Waals surface area contributed by atoms with Crippen molar-refractivity contribution in [3.8, 4) is 0 Å². The lowest BCUT2D eigenvalue weighted by molar-refractivity contribution is 0.00120. The number of aromatic nitrogens is 4. The minimum absolute atomic E-state index is 0.0560. The van der Waals surface area contributed by atoms with E-state index >= 15 is 0 Å². The molecule has 0 aliphatic carbocycles. The summed E-state index contributed by atoms with van der Waals surface area (Å²) in [6.45, 7) is 0. The molecule has 5 rings (SSSR count). The first-order valence-electron chi connectivity index (χ1n) is 9.33. The maximum atomic E-state index is 6.31. The van der Waals surface area contributed by atoms with Crippen molar-refractivity contribution in [1.29, 1.82) is 0 Å². The number of aryl methyl sites for hydroxylation is 1. The fourth-order valence-electron chi connectivity index (χ4n) is 3.90. The van der Waals surface area contributed by atoms with Gasteiger partial charge in [0.15, 0.2) is 0 Å². The van der Waals surface area contributed by atoms with Crippen LogP contribution in [0.1, 0.15) is 31.1 Å². The van der Waals surface area contributed by atoms with Crippen molar-refractivity contribution in [2.24, 2.45) is 0 Å². The lowest BCUT2D eigenvalue weighted by atomic mass is 10.0. The van der Waals surface area contributed by atoms with E-state index in [0.717, 1.165) is 47.6 Å². The third-order valence-corrected chi connectivity index (χ3v) is 5.31. The van der Waals surface area contributed by atoms with Crippen LogP contribution in [0.25, 0.3) is 21.9 Å². The molecule has 2 atom stereocenters. The van der Waals surface area contributed by atoms with Crippen LogP contribution < -0.4 is 5.73 Å². The van der Waals surface area contributed by atoms with Crippen LogP contribution in [0.15, 0.2) is 55.1 Å². The number of pyridine rings is 1. The van der Waals surface area contributed by atoms with E-state index in [1.165, 1.54) is 5.56 Å². The second-order valence-electron chi connectivity index (χ2n) is 7.12. The van der Waals surface area contributed by atoms with E-state index in [4.69, 9.17) is 10.5 Å². The van der Waals surface area contributed by atoms with Gasteiger partial charge in [-0.25, -0.2) is 15.0 Å². The minimum Gasteiger partial charge on any atom is -0.384 e. The lowest BCUT2D eigenvalue weighted by Crippen LogP contribution is -2.12. The molecule has 0 bridgehead atoms. The van der Waals surface area contributed by atoms with Gasteiger partial charge in [0.2, 0.25) is 0 Å². The molecule has 27 heavy (non-hydrogen) atoms. The zero-order valence-electron chi connectivity index (χ0n) is 15.0. The number of hydrogen-bond donors (Lipinski definition) is 1. The number of rotatable bonds is 4. The van der Waals surface area contributed by atoms with E-state index < -0.39 is 0 Å². The predicted octanol–water partition coefficient (Wildman–Crippen LogP) is 3.87. The van der Waals surface area contributed by atoms with Crippen molar-refractivity contribution in [3.05, 3.63) is 60.7 Å². The van der Waals surface area contributed by atoms with Crippen molar-refractivity contribution in [3.63, 3.8) is 0 Å². The van der Waals surface area contributed by atoms with Crippen LogP contribution in [0, 0.1) is 0 Å². The van der Waals surface area contributed by atoms with Gasteiger partial charge >= 0.3 is 0 Å². The molecule has 4 aromatic rings. The summed E-state index contributed by atoms with van der Waals surface area (Å²) in [5.74, 6) is 0.560. The number of nitrogen functional groups attached to an aromatic ring is 1. The Hall–Kier alpha value is -2.99. The molecule has 0 amide bonds. The van der Waals surface area contributed by atoms with Crippen LogP contribution in [0.2, 0.25) is 0 Å². The van der Waals surface area contributed by atoms with E-state index in [1.807, 2.05) is 30.6 Å². The van der Waals surface area contributed by atoms with Crippen LogP contribution in [0.3, 0.4) is 0 Å². The van der Waals surface area contributed by atoms with Crippen molar-refractivity contribution in [2.45, 2.75) is 38.0 Å². The Balaban J connectivity index is 1.26. The first-order valence-corrected chi connectivity index (χ1v) is 9.33. The maximum absolute atomic E-state index is 6.31. The van der Waals surface area contributed by atoms with Crippen LogP contribution in [0.4, 0.5) is 5.82 Å². The molecule has 2 N–H and O–H groups in total. The van der Waals surface area contributed by atoms with Crippen LogP contribution >= 0.6 is 0 Å². The predicted molar refractivity (Wildman–Crippen MR) is 105 cm³/mol. The summed E-state index contributed by atoms with van der Waals surface area (Å²) in [5.41, 5.74) is 8.97. The molecule has 0 saturated carbocycles. The standard InChI is InChI=1S/C21H21N5O/c22-19-7-4-15-3-1-14(11-18(15)25-19)2-5-17-6-8-20(27-17)26-10-9-16-12-23-13-24-21(16)26/h1,3-4,7,9-13,17,20H,2,5-6,8H2,(H2,22,25). The van der Waals surface area contributed by atoms with Crippen molar-refractivity contribution in [2.75, 3.05) is 5.73 Å². The summed E-state index contributed by atoms with van der Waals surface area (Å²) in [6.07, 6.45) is 9.84. The SMILES string of the molecule is Nc1ccc2ccc(CCC3CCC(n4ccc5cncnc54)O3)cc2n1. The van der Waals surface area contributed by atoms with Gasteiger partial charge in [0, 0.05) is 23.2 Å². The Labute approximate surface area is 157 Å². The Morgan fingerprint density at radius 1 is 1.11 bits per heavy atom. The Bertz CT molecular complexity index is 1110. The molecule has 1 saturated heterocycles. The highest BCUT2D eigenvalue weighted by atomic mass is 16.5. The van der Waals surface area contributed by atoms with E-state index in [1.54, 1.807) is 6.33 Å². The summed E-state index contributed by atoms with van der Waals surface area (Å²) in [7, 11) is 0. The molecule has 0 spiro atoms. The van der Waals surface area contributed by atoms with Crippen molar-refractivity contribution >= 4 is 27.8 Å². The number of fused-ring (bicyclic) bond motifs is 2. The summed E-state index contributed by atoms with van der Waals surface area (Å²) < 4.78 is 8.43. The van der Waals surface area contributed by atoms with Gasteiger partial charge in [-0.2, -0.15) is 0 Å². The van der Waals surface area contributed by atoms with E-state index in [2.05, 4.69) is 37.7 Å². The molecule has 4 heterocycles. The zero-order chi connectivity index (χ0) is 18.2. The third-order valence-electron chi connectivity index (χ3n) is 5.31. The second kappa shape index (κ2) is 6.63. The average Bonchev–Trinajstić information content (AvgIpc) is 3.32. The normalized spacial score (nSPS) is 19.9. The maximum Gasteiger partial charge on any atom is 0.145 e. The molecule has 1 aromatic carbocycles. The number of nitrogens with two attached hydrogens (primary N) is 1. The fraction of sp³-hybridized carbons (Fsp3) is 0.286. The molecular weight excluding hydrogens is 338 g/mol. The van der Waals surface area contributed by atoms with E-state index in [-0.39, 0.29) is 12.3 Å². The molecule has 0 radical (unpaired) electrons. The summed E-state index contributed by atoms with van der Waals surface area (Å²) >= 11 is 0. The number of ether oxygens (including phenoxy) is 1. The van der Waals surface area contributed by atoms with Gasteiger partial charge in [0.05, 0.1) is 11.6 Å². The topological polar surface area (TPSA) is 78.9 Å². The zero-order valence-corrected chi connectivity index (χ0v) is 15.0. The monoisotopic (exact) mass is 359 g/mol. The van der Waals surface area contributed by atoms with Crippen LogP contribution in [-0.2, 0) is 11.2 Å². The van der Waals surface area contributed by atoms with Gasteiger partial charge in [-0.05, 0) is 55.5 Å². The number of nitrogens with zero attached hydrogens (tertiary/aromatic N) is 4. The number of anilines is 1. The molecule has 2 unspecified atom stereocenters. The van der Waals surface area contributed by atoms with Crippen LogP contribution in [-0.4, -0.2) is 25.6 Å². The first kappa shape index (κ1) is 16.2.